The van der Waals surface area contributed by atoms with Crippen LogP contribution in [0.3, 0.4) is 0 Å². The number of aromatic nitrogens is 2. The van der Waals surface area contributed by atoms with E-state index in [1.165, 1.54) is 42.3 Å². The van der Waals surface area contributed by atoms with Gasteiger partial charge in [0, 0.05) is 32.2 Å². The van der Waals surface area contributed by atoms with Gasteiger partial charge in [0.15, 0.2) is 0 Å². The molecule has 0 unspecified atom stereocenters. The van der Waals surface area contributed by atoms with Crippen LogP contribution in [0, 0.1) is 5.92 Å². The van der Waals surface area contributed by atoms with Crippen molar-refractivity contribution in [2.45, 2.75) is 92.0 Å². The zero-order chi connectivity index (χ0) is 31.3. The number of nitrogens with zero attached hydrogens (tertiary/aromatic N) is 4. The van der Waals surface area contributed by atoms with Crippen LogP contribution in [0.5, 0.6) is 11.5 Å². The van der Waals surface area contributed by atoms with E-state index in [1.54, 1.807) is 0 Å². The van der Waals surface area contributed by atoms with Crippen LogP contribution in [0.1, 0.15) is 82.7 Å². The number of imidazole rings is 1. The summed E-state index contributed by atoms with van der Waals surface area (Å²) in [4.78, 5) is 10.3. The van der Waals surface area contributed by atoms with Gasteiger partial charge in [0.25, 0.3) is 0 Å². The second-order valence-corrected chi connectivity index (χ2v) is 12.7. The predicted octanol–water partition coefficient (Wildman–Crippen LogP) is 8.72. The van der Waals surface area contributed by atoms with Gasteiger partial charge in [0.1, 0.15) is 23.9 Å². The van der Waals surface area contributed by atoms with Crippen molar-refractivity contribution in [1.29, 1.82) is 0 Å². The molecule has 0 spiro atoms. The molecule has 6 heteroatoms. The fourth-order valence-electron chi connectivity index (χ4n) is 6.58. The maximum Gasteiger partial charge on any atom is 0.124 e. The van der Waals surface area contributed by atoms with Gasteiger partial charge in [-0.25, -0.2) is 4.98 Å². The van der Waals surface area contributed by atoms with Gasteiger partial charge >= 0.3 is 0 Å². The Labute approximate surface area is 271 Å². The molecular weight excluding hydrogens is 556 g/mol. The molecule has 0 saturated heterocycles. The fraction of sp³-hybridized carbons (Fsp3) is 0.513. The van der Waals surface area contributed by atoms with E-state index >= 15 is 0 Å². The van der Waals surface area contributed by atoms with Crippen molar-refractivity contribution in [3.05, 3.63) is 89.7 Å². The van der Waals surface area contributed by atoms with E-state index in [-0.39, 0.29) is 0 Å². The number of hydrogen-bond donors (Lipinski definition) is 0. The Balaban J connectivity index is 1.29. The second kappa shape index (κ2) is 17.4. The minimum Gasteiger partial charge on any atom is -0.493 e. The highest BCUT2D eigenvalue weighted by molar-refractivity contribution is 5.77. The van der Waals surface area contributed by atoms with E-state index in [0.717, 1.165) is 100 Å². The van der Waals surface area contributed by atoms with Crippen LogP contribution in [0.25, 0.3) is 11.0 Å². The Bertz CT molecular complexity index is 1410. The summed E-state index contributed by atoms with van der Waals surface area (Å²) in [5, 5.41) is 0. The van der Waals surface area contributed by atoms with E-state index in [1.807, 2.05) is 6.07 Å². The van der Waals surface area contributed by atoms with Crippen LogP contribution < -0.4 is 9.47 Å². The lowest BCUT2D eigenvalue weighted by Crippen LogP contribution is -2.29. The number of hydrogen-bond acceptors (Lipinski definition) is 5. The molecule has 0 N–H and O–H groups in total. The number of fused-ring (bicyclic) bond motifs is 1. The van der Waals surface area contributed by atoms with Crippen molar-refractivity contribution in [2.75, 3.05) is 32.8 Å². The van der Waals surface area contributed by atoms with Gasteiger partial charge < -0.3 is 18.9 Å². The Hall–Kier alpha value is -3.35. The quantitative estimate of drug-likeness (QED) is 0.0994. The number of benzene rings is 3. The normalized spacial score (nSPS) is 13.8. The largest absolute Gasteiger partial charge is 0.493 e. The first kappa shape index (κ1) is 33.0. The van der Waals surface area contributed by atoms with Gasteiger partial charge in [-0.05, 0) is 80.1 Å². The second-order valence-electron chi connectivity index (χ2n) is 12.7. The molecule has 3 aromatic carbocycles. The van der Waals surface area contributed by atoms with Crippen molar-refractivity contribution < 1.29 is 9.47 Å². The summed E-state index contributed by atoms with van der Waals surface area (Å²) in [7, 11) is 0. The van der Waals surface area contributed by atoms with Gasteiger partial charge in [-0.3, -0.25) is 4.90 Å². The molecule has 0 bridgehead atoms. The number of ether oxygens (including phenoxy) is 2. The molecule has 1 aromatic heterocycles. The third kappa shape index (κ3) is 9.82. The third-order valence-corrected chi connectivity index (χ3v) is 9.25. The molecular formula is C39H54N4O2. The Morgan fingerprint density at radius 1 is 0.778 bits per heavy atom. The maximum absolute atomic E-state index is 6.23. The van der Waals surface area contributed by atoms with E-state index < -0.39 is 0 Å². The molecule has 0 aliphatic heterocycles. The lowest BCUT2D eigenvalue weighted by molar-refractivity contribution is 0.208. The monoisotopic (exact) mass is 610 g/mol. The van der Waals surface area contributed by atoms with Gasteiger partial charge in [-0.15, -0.1) is 0 Å². The zero-order valence-corrected chi connectivity index (χ0v) is 27.9. The summed E-state index contributed by atoms with van der Waals surface area (Å²) < 4.78 is 14.8. The fourth-order valence-corrected chi connectivity index (χ4v) is 6.58. The SMILES string of the molecule is CCCCn1c(CN(Cc2ccc(OCc3ccccc3)cc2)CC2CCCC2)nc2ccc(OCCCN(CC)CC)cc21. The van der Waals surface area contributed by atoms with Crippen LogP contribution in [-0.4, -0.2) is 52.1 Å². The van der Waals surface area contributed by atoms with Crippen molar-refractivity contribution in [3.63, 3.8) is 0 Å². The first-order valence-electron chi connectivity index (χ1n) is 17.5. The molecule has 242 valence electrons. The topological polar surface area (TPSA) is 42.8 Å². The Morgan fingerprint density at radius 3 is 2.27 bits per heavy atom. The lowest BCUT2D eigenvalue weighted by Gasteiger charge is -2.26. The van der Waals surface area contributed by atoms with Crippen molar-refractivity contribution >= 4 is 11.0 Å². The molecule has 5 rings (SSSR count). The van der Waals surface area contributed by atoms with Crippen LogP contribution in [0.15, 0.2) is 72.8 Å². The minimum absolute atomic E-state index is 0.588. The average Bonchev–Trinajstić information content (AvgIpc) is 3.71. The highest BCUT2D eigenvalue weighted by Gasteiger charge is 2.21. The Morgan fingerprint density at radius 2 is 1.53 bits per heavy atom. The summed E-state index contributed by atoms with van der Waals surface area (Å²) in [6.45, 7) is 15.2. The van der Waals surface area contributed by atoms with E-state index in [2.05, 4.69) is 102 Å². The maximum atomic E-state index is 6.23. The van der Waals surface area contributed by atoms with Gasteiger partial charge in [-0.1, -0.05) is 82.5 Å². The number of unbranched alkanes of at least 4 members (excludes halogenated alkanes) is 1. The van der Waals surface area contributed by atoms with E-state index in [9.17, 15) is 0 Å². The molecule has 0 atom stereocenters. The van der Waals surface area contributed by atoms with Crippen molar-refractivity contribution in [1.82, 2.24) is 19.4 Å². The summed E-state index contributed by atoms with van der Waals surface area (Å²) in [6, 6.07) is 25.5. The molecule has 1 fully saturated rings. The van der Waals surface area contributed by atoms with E-state index in [0.29, 0.717) is 6.61 Å². The molecule has 6 nitrogen and oxygen atoms in total. The number of rotatable bonds is 19. The van der Waals surface area contributed by atoms with Crippen LogP contribution in [-0.2, 0) is 26.2 Å². The highest BCUT2D eigenvalue weighted by atomic mass is 16.5. The van der Waals surface area contributed by atoms with Gasteiger partial charge in [0.05, 0.1) is 24.2 Å². The molecule has 1 aliphatic carbocycles. The molecule has 4 aromatic rings. The summed E-state index contributed by atoms with van der Waals surface area (Å²) in [5.41, 5.74) is 4.76. The first-order valence-corrected chi connectivity index (χ1v) is 17.5. The van der Waals surface area contributed by atoms with Gasteiger partial charge in [0.2, 0.25) is 0 Å². The van der Waals surface area contributed by atoms with Crippen LogP contribution in [0.2, 0.25) is 0 Å². The van der Waals surface area contributed by atoms with Crippen molar-refractivity contribution in [3.8, 4) is 11.5 Å². The minimum atomic E-state index is 0.588. The smallest absolute Gasteiger partial charge is 0.124 e. The van der Waals surface area contributed by atoms with Crippen LogP contribution in [0.4, 0.5) is 0 Å². The summed E-state index contributed by atoms with van der Waals surface area (Å²) >= 11 is 0. The lowest BCUT2D eigenvalue weighted by atomic mass is 10.1. The van der Waals surface area contributed by atoms with Crippen molar-refractivity contribution in [2.24, 2.45) is 5.92 Å². The third-order valence-electron chi connectivity index (χ3n) is 9.25. The van der Waals surface area contributed by atoms with E-state index in [4.69, 9.17) is 14.5 Å². The zero-order valence-electron chi connectivity index (χ0n) is 27.9. The molecule has 1 heterocycles. The Kier molecular flexibility index (Phi) is 12.8. The molecule has 45 heavy (non-hydrogen) atoms. The molecule has 1 aliphatic rings. The summed E-state index contributed by atoms with van der Waals surface area (Å²) in [6.07, 6.45) is 8.73. The first-order chi connectivity index (χ1) is 22.1. The average molecular weight is 611 g/mol. The molecule has 0 amide bonds. The predicted molar refractivity (Wildman–Crippen MR) is 186 cm³/mol. The van der Waals surface area contributed by atoms with Crippen LogP contribution >= 0.6 is 0 Å². The standard InChI is InChI=1S/C39H54N4O2/c1-4-7-25-43-38-27-36(44-26-13-24-41(5-2)6-3)22-23-37(38)40-39(43)30-42(28-32-14-11-12-15-32)29-33-18-20-35(21-19-33)45-31-34-16-9-8-10-17-34/h8-10,16-23,27,32H,4-7,11-15,24-26,28-31H2,1-3H3. The molecule has 0 radical (unpaired) electrons. The molecule has 1 saturated carbocycles. The van der Waals surface area contributed by atoms with Gasteiger partial charge in [-0.2, -0.15) is 0 Å². The summed E-state index contributed by atoms with van der Waals surface area (Å²) in [5.74, 6) is 3.79. The highest BCUT2D eigenvalue weighted by Crippen LogP contribution is 2.29. The number of aryl methyl sites for hydroxylation is 1.